The minimum absolute atomic E-state index is 0.210. The van der Waals surface area contributed by atoms with Gasteiger partial charge in [0, 0.05) is 24.9 Å². The molecule has 1 saturated carbocycles. The number of hydrogen-bond acceptors (Lipinski definition) is 7. The van der Waals surface area contributed by atoms with E-state index >= 15 is 0 Å². The monoisotopic (exact) mass is 481 g/mol. The normalized spacial score (nSPS) is 13.7. The van der Waals surface area contributed by atoms with Crippen LogP contribution in [0.3, 0.4) is 0 Å². The molecule has 1 amide bonds. The van der Waals surface area contributed by atoms with Crippen LogP contribution in [0, 0.1) is 13.8 Å². The summed E-state index contributed by atoms with van der Waals surface area (Å²) in [6, 6.07) is 10.4. The number of hydrogen-bond donors (Lipinski definition) is 2. The second-order valence-corrected chi connectivity index (χ2v) is 10.2. The van der Waals surface area contributed by atoms with Gasteiger partial charge in [0.25, 0.3) is 5.91 Å². The average Bonchev–Trinajstić information content (AvgIpc) is 3.48. The first-order valence-corrected chi connectivity index (χ1v) is 12.2. The topological polar surface area (TPSA) is 133 Å². The molecule has 176 valence electrons. The van der Waals surface area contributed by atoms with E-state index in [1.54, 1.807) is 37.4 Å². The third kappa shape index (κ3) is 4.44. The maximum absolute atomic E-state index is 12.7. The Morgan fingerprint density at radius 3 is 2.62 bits per heavy atom. The Bertz CT molecular complexity index is 1520. The summed E-state index contributed by atoms with van der Waals surface area (Å²) < 4.78 is 35.7. The molecule has 0 unspecified atom stereocenters. The number of benzene rings is 1. The molecule has 2 N–H and O–H groups in total. The van der Waals surface area contributed by atoms with E-state index in [-0.39, 0.29) is 22.9 Å². The van der Waals surface area contributed by atoms with Crippen LogP contribution < -0.4 is 14.8 Å². The van der Waals surface area contributed by atoms with Crippen LogP contribution in [0.5, 0.6) is 11.6 Å². The first kappa shape index (κ1) is 21.9. The van der Waals surface area contributed by atoms with Crippen molar-refractivity contribution in [3.8, 4) is 11.6 Å². The number of aryl methyl sites for hydroxylation is 3. The highest BCUT2D eigenvalue weighted by Gasteiger charge is 2.36. The molecule has 0 atom stereocenters. The molecule has 11 nitrogen and oxygen atoms in total. The summed E-state index contributed by atoms with van der Waals surface area (Å²) in [6.45, 7) is 3.71. The number of amides is 1. The van der Waals surface area contributed by atoms with Crippen LogP contribution in [0.2, 0.25) is 0 Å². The fourth-order valence-electron chi connectivity index (χ4n) is 3.51. The number of imidazole rings is 1. The number of aromatic nitrogens is 5. The molecule has 1 aliphatic rings. The summed E-state index contributed by atoms with van der Waals surface area (Å²) in [5.74, 6) is 0.693. The van der Waals surface area contributed by atoms with Crippen molar-refractivity contribution in [2.24, 2.45) is 7.05 Å². The van der Waals surface area contributed by atoms with E-state index in [9.17, 15) is 13.2 Å². The molecule has 4 aromatic rings. The molecule has 1 fully saturated rings. The largest absolute Gasteiger partial charge is 0.438 e. The lowest BCUT2D eigenvalue weighted by Gasteiger charge is -2.11. The van der Waals surface area contributed by atoms with Gasteiger partial charge in [0.05, 0.1) is 17.1 Å². The first-order chi connectivity index (χ1) is 16.2. The number of rotatable bonds is 7. The van der Waals surface area contributed by atoms with Crippen molar-refractivity contribution in [1.29, 1.82) is 0 Å². The van der Waals surface area contributed by atoms with Gasteiger partial charge in [0.1, 0.15) is 11.4 Å². The molecule has 34 heavy (non-hydrogen) atoms. The highest BCUT2D eigenvalue weighted by atomic mass is 32.2. The molecule has 0 aliphatic heterocycles. The Morgan fingerprint density at radius 1 is 1.12 bits per heavy atom. The van der Waals surface area contributed by atoms with Crippen molar-refractivity contribution in [2.45, 2.75) is 31.9 Å². The zero-order chi connectivity index (χ0) is 24.0. The highest BCUT2D eigenvalue weighted by molar-refractivity contribution is 7.93. The van der Waals surface area contributed by atoms with Gasteiger partial charge in [0.15, 0.2) is 11.5 Å². The van der Waals surface area contributed by atoms with Crippen LogP contribution in [0.1, 0.15) is 34.6 Å². The van der Waals surface area contributed by atoms with E-state index < -0.39 is 10.0 Å². The van der Waals surface area contributed by atoms with Gasteiger partial charge in [-0.15, -0.1) is 5.10 Å². The number of carbonyl (C=O) groups is 1. The zero-order valence-corrected chi connectivity index (χ0v) is 19.6. The Balaban J connectivity index is 1.34. The number of nitrogens with one attached hydrogen (secondary N) is 2. The van der Waals surface area contributed by atoms with Gasteiger partial charge in [-0.05, 0) is 50.5 Å². The van der Waals surface area contributed by atoms with Crippen molar-refractivity contribution < 1.29 is 17.9 Å². The Morgan fingerprint density at radius 2 is 1.91 bits per heavy atom. The van der Waals surface area contributed by atoms with Gasteiger partial charge in [-0.3, -0.25) is 14.2 Å². The minimum Gasteiger partial charge on any atom is -0.438 e. The molecule has 5 rings (SSSR count). The fourth-order valence-corrected chi connectivity index (χ4v) is 4.82. The molecular weight excluding hydrogens is 458 g/mol. The van der Waals surface area contributed by atoms with Crippen molar-refractivity contribution in [1.82, 2.24) is 24.4 Å². The molecule has 3 aromatic heterocycles. The Labute approximate surface area is 195 Å². The van der Waals surface area contributed by atoms with Crippen molar-refractivity contribution in [3.05, 3.63) is 59.5 Å². The lowest BCUT2D eigenvalue weighted by atomic mass is 10.2. The summed E-state index contributed by atoms with van der Waals surface area (Å²) >= 11 is 0. The standard InChI is InChI=1S/C22H23N7O4S/c1-13-4-5-15(11-17(13)23-22(30)18-10-14(2)25-28(18)3)33-21-9-8-20-24-19(12-29(20)26-21)27-34(31,32)16-6-7-16/h4-5,8-12,16,27H,6-7H2,1-3H3,(H,23,30). The summed E-state index contributed by atoms with van der Waals surface area (Å²) in [5.41, 5.74) is 3.14. The number of ether oxygens (including phenoxy) is 1. The predicted molar refractivity (Wildman–Crippen MR) is 126 cm³/mol. The third-order valence-corrected chi connectivity index (χ3v) is 7.26. The number of fused-ring (bicyclic) bond motifs is 1. The van der Waals surface area contributed by atoms with E-state index in [1.165, 1.54) is 15.4 Å². The summed E-state index contributed by atoms with van der Waals surface area (Å²) in [4.78, 5) is 16.9. The molecular formula is C22H23N7O4S. The van der Waals surface area contributed by atoms with Gasteiger partial charge in [-0.1, -0.05) is 6.07 Å². The molecule has 0 spiro atoms. The van der Waals surface area contributed by atoms with Crippen molar-refractivity contribution in [3.63, 3.8) is 0 Å². The third-order valence-electron chi connectivity index (χ3n) is 5.42. The summed E-state index contributed by atoms with van der Waals surface area (Å²) in [6.07, 6.45) is 2.83. The lowest BCUT2D eigenvalue weighted by Crippen LogP contribution is -2.17. The molecule has 0 saturated heterocycles. The maximum Gasteiger partial charge on any atom is 0.273 e. The molecule has 0 bridgehead atoms. The van der Waals surface area contributed by atoms with Gasteiger partial charge >= 0.3 is 0 Å². The van der Waals surface area contributed by atoms with Crippen LogP contribution >= 0.6 is 0 Å². The summed E-state index contributed by atoms with van der Waals surface area (Å²) in [5, 5.41) is 11.1. The van der Waals surface area contributed by atoms with Crippen LogP contribution in [-0.2, 0) is 17.1 Å². The number of nitrogens with zero attached hydrogens (tertiary/aromatic N) is 5. The molecule has 12 heteroatoms. The Hall–Kier alpha value is -3.93. The fraction of sp³-hybridized carbons (Fsp3) is 0.273. The average molecular weight is 482 g/mol. The van der Waals surface area contributed by atoms with E-state index in [1.807, 2.05) is 19.9 Å². The van der Waals surface area contributed by atoms with Crippen LogP contribution in [0.15, 0.2) is 42.6 Å². The number of carbonyl (C=O) groups excluding carboxylic acids is 1. The van der Waals surface area contributed by atoms with E-state index in [0.29, 0.717) is 35.6 Å². The Kier molecular flexibility index (Phi) is 5.24. The highest BCUT2D eigenvalue weighted by Crippen LogP contribution is 2.30. The van der Waals surface area contributed by atoms with Crippen molar-refractivity contribution in [2.75, 3.05) is 10.0 Å². The van der Waals surface area contributed by atoms with E-state index in [2.05, 4.69) is 25.2 Å². The maximum atomic E-state index is 12.7. The summed E-state index contributed by atoms with van der Waals surface area (Å²) in [7, 11) is -1.69. The molecule has 1 aliphatic carbocycles. The molecule has 0 radical (unpaired) electrons. The van der Waals surface area contributed by atoms with Crippen molar-refractivity contribution >= 4 is 33.1 Å². The SMILES string of the molecule is Cc1cc(C(=O)Nc2cc(Oc3ccc4nc(NS(=O)(=O)C5CC5)cn4n3)ccc2C)n(C)n1. The smallest absolute Gasteiger partial charge is 0.273 e. The first-order valence-electron chi connectivity index (χ1n) is 10.7. The number of anilines is 2. The van der Waals surface area contributed by atoms with Gasteiger partial charge < -0.3 is 10.1 Å². The molecule has 1 aromatic carbocycles. The molecule has 3 heterocycles. The van der Waals surface area contributed by atoms with Crippen LogP contribution in [0.4, 0.5) is 11.5 Å². The van der Waals surface area contributed by atoms with Gasteiger partial charge in [-0.2, -0.15) is 5.10 Å². The van der Waals surface area contributed by atoms with E-state index in [0.717, 1.165) is 11.3 Å². The van der Waals surface area contributed by atoms with Gasteiger partial charge in [-0.25, -0.2) is 17.9 Å². The quantitative estimate of drug-likeness (QED) is 0.415. The minimum atomic E-state index is -3.41. The second-order valence-electron chi connectivity index (χ2n) is 8.27. The second kappa shape index (κ2) is 8.13. The van der Waals surface area contributed by atoms with Crippen LogP contribution in [0.25, 0.3) is 5.65 Å². The van der Waals surface area contributed by atoms with E-state index in [4.69, 9.17) is 4.74 Å². The number of sulfonamides is 1. The lowest BCUT2D eigenvalue weighted by molar-refractivity contribution is 0.101. The van der Waals surface area contributed by atoms with Gasteiger partial charge in [0.2, 0.25) is 15.9 Å². The van der Waals surface area contributed by atoms with Crippen LogP contribution in [-0.4, -0.2) is 44.0 Å². The zero-order valence-electron chi connectivity index (χ0n) is 18.8. The predicted octanol–water partition coefficient (Wildman–Crippen LogP) is 3.03.